The Morgan fingerprint density at radius 1 is 1.24 bits per heavy atom. The number of rotatable bonds is 5. The van der Waals surface area contributed by atoms with E-state index in [0.29, 0.717) is 17.2 Å². The molecule has 0 saturated carbocycles. The summed E-state index contributed by atoms with van der Waals surface area (Å²) in [6, 6.07) is 9.45. The summed E-state index contributed by atoms with van der Waals surface area (Å²) in [5.41, 5.74) is 0.0362. The Balaban J connectivity index is 2.11. The molecule has 0 radical (unpaired) electrons. The Bertz CT molecular complexity index is 762. The number of halogens is 4. The highest BCUT2D eigenvalue weighted by Crippen LogP contribution is 2.30. The van der Waals surface area contributed by atoms with Crippen LogP contribution in [0.2, 0.25) is 5.02 Å². The highest BCUT2D eigenvalue weighted by atomic mass is 35.5. The van der Waals surface area contributed by atoms with Crippen molar-refractivity contribution in [3.05, 3.63) is 58.6 Å². The van der Waals surface area contributed by atoms with Crippen molar-refractivity contribution >= 4 is 23.2 Å². The van der Waals surface area contributed by atoms with Gasteiger partial charge in [-0.1, -0.05) is 24.6 Å². The van der Waals surface area contributed by atoms with E-state index in [1.54, 1.807) is 32.0 Å². The van der Waals surface area contributed by atoms with Crippen LogP contribution in [0.15, 0.2) is 42.5 Å². The SMILES string of the molecule is CC[C@H](Oc1ccc(Cl)c(C)c1)C(=O)Nc1cccc(C(F)(F)F)c1. The van der Waals surface area contributed by atoms with Gasteiger partial charge in [-0.05, 0) is 55.3 Å². The van der Waals surface area contributed by atoms with Gasteiger partial charge in [-0.3, -0.25) is 4.79 Å². The lowest BCUT2D eigenvalue weighted by atomic mass is 10.2. The van der Waals surface area contributed by atoms with Crippen molar-refractivity contribution in [1.29, 1.82) is 0 Å². The largest absolute Gasteiger partial charge is 0.481 e. The van der Waals surface area contributed by atoms with Crippen LogP contribution in [0.4, 0.5) is 18.9 Å². The van der Waals surface area contributed by atoms with E-state index in [0.717, 1.165) is 17.7 Å². The lowest BCUT2D eigenvalue weighted by Crippen LogP contribution is -2.32. The van der Waals surface area contributed by atoms with Crippen LogP contribution in [0.5, 0.6) is 5.75 Å². The Labute approximate surface area is 148 Å². The maximum Gasteiger partial charge on any atom is 0.416 e. The summed E-state index contributed by atoms with van der Waals surface area (Å²) in [6.45, 7) is 3.55. The third-order valence-corrected chi connectivity index (χ3v) is 3.95. The fourth-order valence-electron chi connectivity index (χ4n) is 2.17. The van der Waals surface area contributed by atoms with Crippen molar-refractivity contribution in [3.8, 4) is 5.75 Å². The minimum Gasteiger partial charge on any atom is -0.481 e. The van der Waals surface area contributed by atoms with Crippen LogP contribution < -0.4 is 10.1 Å². The number of amides is 1. The molecule has 1 N–H and O–H groups in total. The molecule has 2 aromatic rings. The maximum absolute atomic E-state index is 12.7. The topological polar surface area (TPSA) is 38.3 Å². The predicted molar refractivity (Wildman–Crippen MR) is 91.0 cm³/mol. The number of hydrogen-bond donors (Lipinski definition) is 1. The Kier molecular flexibility index (Phi) is 5.95. The molecule has 0 aliphatic heterocycles. The standard InChI is InChI=1S/C18H17ClF3NO2/c1-3-16(25-14-7-8-15(19)11(2)9-14)17(24)23-13-6-4-5-12(10-13)18(20,21)22/h4-10,16H,3H2,1-2H3,(H,23,24)/t16-/m0/s1. The van der Waals surface area contributed by atoms with Gasteiger partial charge in [0.1, 0.15) is 5.75 Å². The number of anilines is 1. The number of hydrogen-bond acceptors (Lipinski definition) is 2. The van der Waals surface area contributed by atoms with Crippen LogP contribution in [0, 0.1) is 6.92 Å². The monoisotopic (exact) mass is 371 g/mol. The minimum absolute atomic E-state index is 0.0640. The molecule has 0 saturated heterocycles. The van der Waals surface area contributed by atoms with Crippen LogP contribution in [-0.2, 0) is 11.0 Å². The lowest BCUT2D eigenvalue weighted by molar-refractivity contribution is -0.137. The fourth-order valence-corrected chi connectivity index (χ4v) is 2.29. The van der Waals surface area contributed by atoms with Crippen LogP contribution in [0.3, 0.4) is 0 Å². The molecule has 7 heteroatoms. The first-order valence-corrected chi connectivity index (χ1v) is 7.99. The van der Waals surface area contributed by atoms with Gasteiger partial charge >= 0.3 is 6.18 Å². The van der Waals surface area contributed by atoms with Crippen molar-refractivity contribution in [2.75, 3.05) is 5.32 Å². The fraction of sp³-hybridized carbons (Fsp3) is 0.278. The van der Waals surface area contributed by atoms with Crippen LogP contribution in [-0.4, -0.2) is 12.0 Å². The van der Waals surface area contributed by atoms with Crippen LogP contribution in [0.1, 0.15) is 24.5 Å². The summed E-state index contributed by atoms with van der Waals surface area (Å²) in [5, 5.41) is 3.04. The molecule has 0 heterocycles. The van der Waals surface area contributed by atoms with E-state index in [-0.39, 0.29) is 5.69 Å². The van der Waals surface area contributed by atoms with E-state index in [4.69, 9.17) is 16.3 Å². The number of carbonyl (C=O) groups excluding carboxylic acids is 1. The molecule has 0 bridgehead atoms. The molecule has 0 spiro atoms. The van der Waals surface area contributed by atoms with Crippen LogP contribution in [0.25, 0.3) is 0 Å². The Morgan fingerprint density at radius 2 is 1.96 bits per heavy atom. The zero-order valence-corrected chi connectivity index (χ0v) is 14.4. The third-order valence-electron chi connectivity index (χ3n) is 3.53. The van der Waals surface area contributed by atoms with E-state index in [1.807, 2.05) is 0 Å². The van der Waals surface area contributed by atoms with Crippen molar-refractivity contribution in [2.24, 2.45) is 0 Å². The quantitative estimate of drug-likeness (QED) is 0.757. The van der Waals surface area contributed by atoms with E-state index < -0.39 is 23.8 Å². The number of nitrogens with one attached hydrogen (secondary N) is 1. The smallest absolute Gasteiger partial charge is 0.416 e. The second-order valence-corrected chi connectivity index (χ2v) is 5.90. The summed E-state index contributed by atoms with van der Waals surface area (Å²) in [7, 11) is 0. The maximum atomic E-state index is 12.7. The summed E-state index contributed by atoms with van der Waals surface area (Å²) in [6.07, 6.45) is -4.95. The van der Waals surface area contributed by atoms with Gasteiger partial charge in [-0.15, -0.1) is 0 Å². The first kappa shape index (κ1) is 19.1. The van der Waals surface area contributed by atoms with Crippen molar-refractivity contribution in [3.63, 3.8) is 0 Å². The summed E-state index contributed by atoms with van der Waals surface area (Å²) in [5.74, 6) is -0.0534. The van der Waals surface area contributed by atoms with E-state index in [9.17, 15) is 18.0 Å². The number of benzene rings is 2. The number of alkyl halides is 3. The predicted octanol–water partition coefficient (Wildman–Crippen LogP) is 5.46. The normalized spacial score (nSPS) is 12.6. The van der Waals surface area contributed by atoms with Gasteiger partial charge in [0.25, 0.3) is 5.91 Å². The van der Waals surface area contributed by atoms with Gasteiger partial charge in [-0.2, -0.15) is 13.2 Å². The Morgan fingerprint density at radius 3 is 2.56 bits per heavy atom. The Hall–Kier alpha value is -2.21. The second-order valence-electron chi connectivity index (χ2n) is 5.49. The average molecular weight is 372 g/mol. The molecular formula is C18H17ClF3NO2. The molecule has 0 unspecified atom stereocenters. The molecular weight excluding hydrogens is 355 g/mol. The van der Waals surface area contributed by atoms with Gasteiger partial charge in [-0.25, -0.2) is 0 Å². The zero-order valence-electron chi connectivity index (χ0n) is 13.7. The first-order chi connectivity index (χ1) is 11.7. The van der Waals surface area contributed by atoms with Crippen LogP contribution >= 0.6 is 11.6 Å². The van der Waals surface area contributed by atoms with Gasteiger partial charge in [0.05, 0.1) is 5.56 Å². The molecule has 3 nitrogen and oxygen atoms in total. The molecule has 0 aliphatic rings. The number of aryl methyl sites for hydroxylation is 1. The molecule has 1 atom stereocenters. The number of ether oxygens (including phenoxy) is 1. The summed E-state index contributed by atoms with van der Waals surface area (Å²) < 4.78 is 43.9. The van der Waals surface area contributed by atoms with Gasteiger partial charge < -0.3 is 10.1 Å². The van der Waals surface area contributed by atoms with Crippen molar-refractivity contribution in [1.82, 2.24) is 0 Å². The average Bonchev–Trinajstić information content (AvgIpc) is 2.55. The molecule has 25 heavy (non-hydrogen) atoms. The molecule has 1 amide bonds. The molecule has 0 fully saturated rings. The van der Waals surface area contributed by atoms with Gasteiger partial charge in [0.2, 0.25) is 0 Å². The first-order valence-electron chi connectivity index (χ1n) is 7.61. The molecule has 2 aromatic carbocycles. The molecule has 2 rings (SSSR count). The van der Waals surface area contributed by atoms with Crippen molar-refractivity contribution in [2.45, 2.75) is 32.5 Å². The lowest BCUT2D eigenvalue weighted by Gasteiger charge is -2.18. The zero-order chi connectivity index (χ0) is 18.6. The van der Waals surface area contributed by atoms with Gasteiger partial charge in [0, 0.05) is 10.7 Å². The highest BCUT2D eigenvalue weighted by molar-refractivity contribution is 6.31. The minimum atomic E-state index is -4.47. The molecule has 134 valence electrons. The second kappa shape index (κ2) is 7.78. The van der Waals surface area contributed by atoms with E-state index in [2.05, 4.69) is 5.32 Å². The molecule has 0 aliphatic carbocycles. The molecule has 0 aromatic heterocycles. The van der Waals surface area contributed by atoms with Crippen molar-refractivity contribution < 1.29 is 22.7 Å². The van der Waals surface area contributed by atoms with E-state index in [1.165, 1.54) is 12.1 Å². The van der Waals surface area contributed by atoms with Gasteiger partial charge in [0.15, 0.2) is 6.10 Å². The number of carbonyl (C=O) groups is 1. The summed E-state index contributed by atoms with van der Waals surface area (Å²) in [4.78, 5) is 12.3. The van der Waals surface area contributed by atoms with E-state index >= 15 is 0 Å². The summed E-state index contributed by atoms with van der Waals surface area (Å²) >= 11 is 5.95. The third kappa shape index (κ3) is 5.13. The highest BCUT2D eigenvalue weighted by Gasteiger charge is 2.30.